The summed E-state index contributed by atoms with van der Waals surface area (Å²) in [5, 5.41) is 15.8. The minimum absolute atomic E-state index is 0.124. The first-order valence-electron chi connectivity index (χ1n) is 6.04. The first-order valence-corrected chi connectivity index (χ1v) is 6.04. The molecule has 1 unspecified atom stereocenters. The van der Waals surface area contributed by atoms with Crippen LogP contribution in [0.2, 0.25) is 0 Å². The molecule has 0 bridgehead atoms. The van der Waals surface area contributed by atoms with E-state index in [1.54, 1.807) is 16.9 Å². The lowest BCUT2D eigenvalue weighted by Gasteiger charge is -2.10. The van der Waals surface area contributed by atoms with Crippen LogP contribution in [-0.2, 0) is 0 Å². The summed E-state index contributed by atoms with van der Waals surface area (Å²) >= 11 is 0. The molecule has 0 aliphatic carbocycles. The summed E-state index contributed by atoms with van der Waals surface area (Å²) in [7, 11) is 0. The van der Waals surface area contributed by atoms with Crippen molar-refractivity contribution in [2.45, 2.75) is 13.3 Å². The number of aromatic nitrogens is 2. The molecule has 0 aromatic carbocycles. The van der Waals surface area contributed by atoms with Crippen LogP contribution >= 0.6 is 0 Å². The van der Waals surface area contributed by atoms with Crippen molar-refractivity contribution >= 4 is 11.4 Å². The van der Waals surface area contributed by atoms with Crippen LogP contribution in [0.3, 0.4) is 0 Å². The van der Waals surface area contributed by atoms with Crippen molar-refractivity contribution < 1.29 is 9.90 Å². The highest BCUT2D eigenvalue weighted by Crippen LogP contribution is 2.09. The monoisotopic (exact) mass is 247 g/mol. The maximum Gasteiger partial charge on any atom is 0.255 e. The Labute approximate surface area is 105 Å². The average Bonchev–Trinajstić information content (AvgIpc) is 2.80. The number of amides is 1. The first-order chi connectivity index (χ1) is 8.72. The number of hydrogen-bond acceptors (Lipinski definition) is 3. The van der Waals surface area contributed by atoms with Crippen molar-refractivity contribution in [2.24, 2.45) is 5.92 Å². The Kier molecular flexibility index (Phi) is 3.94. The molecule has 0 fully saturated rings. The fraction of sp³-hybridized carbons (Fsp3) is 0.385. The highest BCUT2D eigenvalue weighted by atomic mass is 16.3. The second kappa shape index (κ2) is 5.64. The minimum atomic E-state index is -0.124. The van der Waals surface area contributed by atoms with E-state index in [0.29, 0.717) is 18.5 Å². The number of carbonyl (C=O) groups is 1. The van der Waals surface area contributed by atoms with E-state index in [9.17, 15) is 4.79 Å². The number of pyridine rings is 1. The van der Waals surface area contributed by atoms with Gasteiger partial charge in [-0.25, -0.2) is 4.52 Å². The van der Waals surface area contributed by atoms with Gasteiger partial charge in [0.15, 0.2) is 0 Å². The van der Waals surface area contributed by atoms with Gasteiger partial charge in [0.1, 0.15) is 0 Å². The lowest BCUT2D eigenvalue weighted by atomic mass is 10.1. The van der Waals surface area contributed by atoms with Gasteiger partial charge in [-0.3, -0.25) is 4.79 Å². The zero-order valence-electron chi connectivity index (χ0n) is 10.3. The van der Waals surface area contributed by atoms with Gasteiger partial charge < -0.3 is 10.4 Å². The molecular weight excluding hydrogens is 230 g/mol. The Morgan fingerprint density at radius 2 is 2.39 bits per heavy atom. The third-order valence-electron chi connectivity index (χ3n) is 2.90. The van der Waals surface area contributed by atoms with Crippen molar-refractivity contribution in [1.29, 1.82) is 0 Å². The Hall–Kier alpha value is -1.88. The normalized spacial score (nSPS) is 12.6. The molecular formula is C13H17N3O2. The summed E-state index contributed by atoms with van der Waals surface area (Å²) < 4.78 is 1.67. The van der Waals surface area contributed by atoms with Crippen LogP contribution in [0, 0.1) is 5.92 Å². The minimum Gasteiger partial charge on any atom is -0.396 e. The summed E-state index contributed by atoms with van der Waals surface area (Å²) in [4.78, 5) is 12.0. The van der Waals surface area contributed by atoms with Gasteiger partial charge in [-0.2, -0.15) is 5.10 Å². The van der Waals surface area contributed by atoms with Crippen molar-refractivity contribution in [3.05, 3.63) is 36.2 Å². The number of rotatable bonds is 5. The Morgan fingerprint density at radius 3 is 3.17 bits per heavy atom. The number of carbonyl (C=O) groups excluding carboxylic acids is 1. The molecule has 5 nitrogen and oxygen atoms in total. The Balaban J connectivity index is 2.05. The van der Waals surface area contributed by atoms with Gasteiger partial charge in [-0.15, -0.1) is 0 Å². The van der Waals surface area contributed by atoms with E-state index in [1.807, 2.05) is 25.1 Å². The topological polar surface area (TPSA) is 66.6 Å². The van der Waals surface area contributed by atoms with E-state index in [-0.39, 0.29) is 18.4 Å². The van der Waals surface area contributed by atoms with Gasteiger partial charge >= 0.3 is 0 Å². The Bertz CT molecular complexity index is 536. The third kappa shape index (κ3) is 2.68. The van der Waals surface area contributed by atoms with E-state index in [1.165, 1.54) is 0 Å². The molecule has 0 aliphatic rings. The van der Waals surface area contributed by atoms with E-state index in [0.717, 1.165) is 5.52 Å². The van der Waals surface area contributed by atoms with Crippen LogP contribution in [-0.4, -0.2) is 33.8 Å². The second-order valence-corrected chi connectivity index (χ2v) is 4.42. The van der Waals surface area contributed by atoms with Crippen molar-refractivity contribution in [2.75, 3.05) is 13.2 Å². The van der Waals surface area contributed by atoms with E-state index in [4.69, 9.17) is 5.11 Å². The quantitative estimate of drug-likeness (QED) is 0.831. The number of hydrogen-bond donors (Lipinski definition) is 2. The van der Waals surface area contributed by atoms with Gasteiger partial charge in [0.25, 0.3) is 5.91 Å². The standard InChI is InChI=1S/C13H17N3O2/c1-10(5-7-17)8-14-13(18)11-9-15-16-6-3-2-4-12(11)16/h2-4,6,9-10,17H,5,7-8H2,1H3,(H,14,18). The number of aliphatic hydroxyl groups excluding tert-OH is 1. The van der Waals surface area contributed by atoms with Crippen LogP contribution in [0.25, 0.3) is 5.52 Å². The van der Waals surface area contributed by atoms with Gasteiger partial charge in [0, 0.05) is 19.3 Å². The van der Waals surface area contributed by atoms with Crippen molar-refractivity contribution in [3.63, 3.8) is 0 Å². The molecule has 2 aromatic rings. The van der Waals surface area contributed by atoms with Gasteiger partial charge in [0.2, 0.25) is 0 Å². The predicted molar refractivity (Wildman–Crippen MR) is 68.4 cm³/mol. The molecule has 0 radical (unpaired) electrons. The summed E-state index contributed by atoms with van der Waals surface area (Å²) in [6.07, 6.45) is 4.07. The number of fused-ring (bicyclic) bond motifs is 1. The molecule has 0 spiro atoms. The van der Waals surface area contributed by atoms with Crippen LogP contribution in [0.1, 0.15) is 23.7 Å². The molecule has 18 heavy (non-hydrogen) atoms. The average molecular weight is 247 g/mol. The second-order valence-electron chi connectivity index (χ2n) is 4.42. The van der Waals surface area contributed by atoms with E-state index >= 15 is 0 Å². The smallest absolute Gasteiger partial charge is 0.255 e. The zero-order chi connectivity index (χ0) is 13.0. The van der Waals surface area contributed by atoms with E-state index < -0.39 is 0 Å². The summed E-state index contributed by atoms with van der Waals surface area (Å²) in [5.74, 6) is 0.141. The van der Waals surface area contributed by atoms with Crippen molar-refractivity contribution in [1.82, 2.24) is 14.9 Å². The van der Waals surface area contributed by atoms with Crippen LogP contribution in [0.4, 0.5) is 0 Å². The molecule has 0 aliphatic heterocycles. The molecule has 2 heterocycles. The molecule has 1 amide bonds. The Morgan fingerprint density at radius 1 is 1.56 bits per heavy atom. The maximum absolute atomic E-state index is 12.0. The van der Waals surface area contributed by atoms with Crippen LogP contribution in [0.15, 0.2) is 30.6 Å². The molecule has 96 valence electrons. The van der Waals surface area contributed by atoms with Gasteiger partial charge in [-0.05, 0) is 24.5 Å². The number of nitrogens with one attached hydrogen (secondary N) is 1. The first kappa shape index (κ1) is 12.6. The van der Waals surface area contributed by atoms with Crippen LogP contribution in [0.5, 0.6) is 0 Å². The number of nitrogens with zero attached hydrogens (tertiary/aromatic N) is 2. The fourth-order valence-electron chi connectivity index (χ4n) is 1.79. The van der Waals surface area contributed by atoms with Crippen LogP contribution < -0.4 is 5.32 Å². The molecule has 2 rings (SSSR count). The molecule has 0 saturated carbocycles. The summed E-state index contributed by atoms with van der Waals surface area (Å²) in [5.41, 5.74) is 1.37. The lowest BCUT2D eigenvalue weighted by molar-refractivity contribution is 0.0947. The molecule has 1 atom stereocenters. The summed E-state index contributed by atoms with van der Waals surface area (Å²) in [6.45, 7) is 2.70. The predicted octanol–water partition coefficient (Wildman–Crippen LogP) is 1.08. The fourth-order valence-corrected chi connectivity index (χ4v) is 1.79. The van der Waals surface area contributed by atoms with Crippen molar-refractivity contribution in [3.8, 4) is 0 Å². The highest BCUT2D eigenvalue weighted by molar-refractivity contribution is 6.00. The lowest BCUT2D eigenvalue weighted by Crippen LogP contribution is -2.28. The van der Waals surface area contributed by atoms with Gasteiger partial charge in [0.05, 0.1) is 17.3 Å². The molecule has 0 saturated heterocycles. The summed E-state index contributed by atoms with van der Waals surface area (Å²) in [6, 6.07) is 5.60. The molecule has 2 N–H and O–H groups in total. The zero-order valence-corrected chi connectivity index (χ0v) is 10.3. The molecule has 2 aromatic heterocycles. The maximum atomic E-state index is 12.0. The van der Waals surface area contributed by atoms with Gasteiger partial charge in [-0.1, -0.05) is 13.0 Å². The number of aliphatic hydroxyl groups is 1. The largest absolute Gasteiger partial charge is 0.396 e. The molecule has 5 heteroatoms. The third-order valence-corrected chi connectivity index (χ3v) is 2.90. The highest BCUT2D eigenvalue weighted by Gasteiger charge is 2.12. The van der Waals surface area contributed by atoms with E-state index in [2.05, 4.69) is 10.4 Å². The SMILES string of the molecule is CC(CCO)CNC(=O)c1cnn2ccccc12.